The zero-order chi connectivity index (χ0) is 21.7. The molecule has 0 saturated heterocycles. The molecule has 0 aliphatic rings. The van der Waals surface area contributed by atoms with Crippen LogP contribution in [0.5, 0.6) is 17.2 Å². The van der Waals surface area contributed by atoms with E-state index >= 15 is 0 Å². The molecular formula is C21H21N5O3S. The predicted molar refractivity (Wildman–Crippen MR) is 118 cm³/mol. The van der Waals surface area contributed by atoms with Crippen molar-refractivity contribution in [3.05, 3.63) is 28.3 Å². The van der Waals surface area contributed by atoms with Crippen LogP contribution in [0.1, 0.15) is 23.1 Å². The van der Waals surface area contributed by atoms with Gasteiger partial charge in [0, 0.05) is 17.2 Å². The number of methoxy groups -OCH3 is 3. The van der Waals surface area contributed by atoms with E-state index < -0.39 is 0 Å². The van der Waals surface area contributed by atoms with Gasteiger partial charge in [-0.1, -0.05) is 0 Å². The lowest BCUT2D eigenvalue weighted by molar-refractivity contribution is 0.324. The topological polar surface area (TPSA) is 102 Å². The van der Waals surface area contributed by atoms with Crippen molar-refractivity contribution in [2.75, 3.05) is 21.3 Å². The zero-order valence-corrected chi connectivity index (χ0v) is 18.2. The smallest absolute Gasteiger partial charge is 0.203 e. The van der Waals surface area contributed by atoms with Gasteiger partial charge in [0.15, 0.2) is 17.3 Å². The van der Waals surface area contributed by atoms with Crippen molar-refractivity contribution in [1.29, 1.82) is 5.26 Å². The SMILES string of the molecule is CC=NC=NCc1nc(-c2cc(OC)c(OC)c(OC)c2)nc2sc(C#N)c(C)c12. The van der Waals surface area contributed by atoms with Crippen LogP contribution in [0.25, 0.3) is 21.6 Å². The minimum atomic E-state index is 0.316. The van der Waals surface area contributed by atoms with E-state index in [1.54, 1.807) is 39.7 Å². The molecule has 0 fully saturated rings. The molecule has 0 atom stereocenters. The highest BCUT2D eigenvalue weighted by molar-refractivity contribution is 7.19. The lowest BCUT2D eigenvalue weighted by Gasteiger charge is -2.14. The van der Waals surface area contributed by atoms with Gasteiger partial charge in [0.1, 0.15) is 22.1 Å². The summed E-state index contributed by atoms with van der Waals surface area (Å²) in [5.74, 6) is 1.99. The van der Waals surface area contributed by atoms with Gasteiger partial charge in [-0.2, -0.15) is 5.26 Å². The van der Waals surface area contributed by atoms with E-state index in [1.807, 2.05) is 13.8 Å². The molecule has 0 N–H and O–H groups in total. The van der Waals surface area contributed by atoms with Crippen molar-refractivity contribution < 1.29 is 14.2 Å². The quantitative estimate of drug-likeness (QED) is 0.417. The molecule has 0 aliphatic heterocycles. The van der Waals surface area contributed by atoms with Gasteiger partial charge in [-0.05, 0) is 31.5 Å². The number of benzene rings is 1. The molecular weight excluding hydrogens is 402 g/mol. The Morgan fingerprint density at radius 3 is 2.40 bits per heavy atom. The van der Waals surface area contributed by atoms with Crippen LogP contribution in [0, 0.1) is 18.3 Å². The monoisotopic (exact) mass is 423 g/mol. The third-order valence-corrected chi connectivity index (χ3v) is 5.52. The average molecular weight is 423 g/mol. The first-order valence-electron chi connectivity index (χ1n) is 9.04. The van der Waals surface area contributed by atoms with Crippen LogP contribution >= 0.6 is 11.3 Å². The van der Waals surface area contributed by atoms with Crippen LogP contribution in [-0.2, 0) is 6.54 Å². The van der Waals surface area contributed by atoms with E-state index in [1.165, 1.54) is 17.7 Å². The zero-order valence-electron chi connectivity index (χ0n) is 17.4. The third-order valence-electron chi connectivity index (χ3n) is 4.43. The van der Waals surface area contributed by atoms with Gasteiger partial charge in [-0.25, -0.2) is 15.0 Å². The number of aromatic nitrogens is 2. The van der Waals surface area contributed by atoms with Crippen LogP contribution in [-0.4, -0.2) is 43.9 Å². The van der Waals surface area contributed by atoms with E-state index in [-0.39, 0.29) is 0 Å². The van der Waals surface area contributed by atoms with Gasteiger partial charge >= 0.3 is 0 Å². The second kappa shape index (κ2) is 9.33. The summed E-state index contributed by atoms with van der Waals surface area (Å²) in [4.78, 5) is 19.1. The number of fused-ring (bicyclic) bond motifs is 1. The highest BCUT2D eigenvalue weighted by Gasteiger charge is 2.19. The van der Waals surface area contributed by atoms with E-state index in [0.29, 0.717) is 40.1 Å². The van der Waals surface area contributed by atoms with Crippen LogP contribution in [0.3, 0.4) is 0 Å². The molecule has 1 aromatic carbocycles. The second-order valence-corrected chi connectivity index (χ2v) is 7.12. The van der Waals surface area contributed by atoms with Gasteiger partial charge in [-0.3, -0.25) is 4.99 Å². The highest BCUT2D eigenvalue weighted by Crippen LogP contribution is 2.41. The molecule has 0 aliphatic carbocycles. The van der Waals surface area contributed by atoms with Crippen molar-refractivity contribution in [3.63, 3.8) is 0 Å². The third kappa shape index (κ3) is 3.95. The van der Waals surface area contributed by atoms with Gasteiger partial charge in [0.25, 0.3) is 0 Å². The summed E-state index contributed by atoms with van der Waals surface area (Å²) in [6.07, 6.45) is 3.14. The Morgan fingerprint density at radius 1 is 1.13 bits per heavy atom. The summed E-state index contributed by atoms with van der Waals surface area (Å²) in [5, 5.41) is 10.3. The Morgan fingerprint density at radius 2 is 1.83 bits per heavy atom. The van der Waals surface area contributed by atoms with Gasteiger partial charge in [-0.15, -0.1) is 11.3 Å². The number of hydrogen-bond donors (Lipinski definition) is 0. The fraction of sp³-hybridized carbons (Fsp3) is 0.286. The molecule has 2 aromatic heterocycles. The van der Waals surface area contributed by atoms with Crippen LogP contribution in [0.15, 0.2) is 22.1 Å². The molecule has 0 unspecified atom stereocenters. The molecule has 0 bridgehead atoms. The lowest BCUT2D eigenvalue weighted by atomic mass is 10.1. The maximum Gasteiger partial charge on any atom is 0.203 e. The summed E-state index contributed by atoms with van der Waals surface area (Å²) in [6.45, 7) is 4.03. The summed E-state index contributed by atoms with van der Waals surface area (Å²) in [7, 11) is 4.66. The number of nitriles is 1. The van der Waals surface area contributed by atoms with Crippen molar-refractivity contribution in [3.8, 4) is 34.7 Å². The molecule has 0 saturated carbocycles. The lowest BCUT2D eigenvalue weighted by Crippen LogP contribution is -1.99. The normalized spacial score (nSPS) is 11.3. The number of nitrogens with zero attached hydrogens (tertiary/aromatic N) is 5. The van der Waals surface area contributed by atoms with Crippen molar-refractivity contribution in [2.45, 2.75) is 20.4 Å². The number of ether oxygens (including phenoxy) is 3. The molecule has 154 valence electrons. The van der Waals surface area contributed by atoms with Crippen molar-refractivity contribution >= 4 is 34.1 Å². The molecule has 3 rings (SSSR count). The van der Waals surface area contributed by atoms with E-state index in [4.69, 9.17) is 24.2 Å². The number of thiophene rings is 1. The molecule has 0 spiro atoms. The predicted octanol–water partition coefficient (Wildman–Crippen LogP) is 4.18. The first-order valence-corrected chi connectivity index (χ1v) is 9.86. The molecule has 3 aromatic rings. The number of aryl methyl sites for hydroxylation is 1. The Hall–Kier alpha value is -3.51. The molecule has 2 heterocycles. The summed E-state index contributed by atoms with van der Waals surface area (Å²) in [5.41, 5.74) is 2.28. The Balaban J connectivity index is 2.23. The van der Waals surface area contributed by atoms with Crippen molar-refractivity contribution in [2.24, 2.45) is 9.98 Å². The largest absolute Gasteiger partial charge is 0.493 e. The van der Waals surface area contributed by atoms with Gasteiger partial charge in [0.2, 0.25) is 5.75 Å². The van der Waals surface area contributed by atoms with E-state index in [0.717, 1.165) is 21.5 Å². The Labute approximate surface area is 178 Å². The molecule has 9 heteroatoms. The first kappa shape index (κ1) is 21.2. The number of hydrogen-bond acceptors (Lipinski definition) is 8. The number of rotatable bonds is 7. The van der Waals surface area contributed by atoms with Crippen molar-refractivity contribution in [1.82, 2.24) is 9.97 Å². The molecule has 30 heavy (non-hydrogen) atoms. The molecule has 0 amide bonds. The highest BCUT2D eigenvalue weighted by atomic mass is 32.1. The standard InChI is InChI=1S/C21H21N5O3S/c1-6-23-11-24-10-14-18-12(2)17(9-22)30-21(18)26-20(25-14)13-7-15(27-3)19(29-5)16(8-13)28-4/h6-8,11H,10H2,1-5H3. The van der Waals surface area contributed by atoms with Gasteiger partial charge in [0.05, 0.1) is 33.6 Å². The van der Waals surface area contributed by atoms with E-state index in [2.05, 4.69) is 16.1 Å². The van der Waals surface area contributed by atoms with Crippen LogP contribution in [0.4, 0.5) is 0 Å². The minimum absolute atomic E-state index is 0.316. The minimum Gasteiger partial charge on any atom is -0.493 e. The summed E-state index contributed by atoms with van der Waals surface area (Å²) in [6, 6.07) is 5.82. The average Bonchev–Trinajstić information content (AvgIpc) is 3.11. The van der Waals surface area contributed by atoms with Crippen LogP contribution < -0.4 is 14.2 Å². The summed E-state index contributed by atoms with van der Waals surface area (Å²) >= 11 is 1.34. The molecule has 8 nitrogen and oxygen atoms in total. The summed E-state index contributed by atoms with van der Waals surface area (Å²) < 4.78 is 16.3. The number of aliphatic imine (C=N–C) groups is 2. The van der Waals surface area contributed by atoms with Crippen LogP contribution in [0.2, 0.25) is 0 Å². The van der Waals surface area contributed by atoms with Gasteiger partial charge < -0.3 is 14.2 Å². The first-order chi connectivity index (χ1) is 14.6. The fourth-order valence-electron chi connectivity index (χ4n) is 3.02. The maximum atomic E-state index is 9.45. The Bertz CT molecular complexity index is 1150. The maximum absolute atomic E-state index is 9.45. The fourth-order valence-corrected chi connectivity index (χ4v) is 4.02. The second-order valence-electron chi connectivity index (χ2n) is 6.12. The Kier molecular flexibility index (Phi) is 6.59. The van der Waals surface area contributed by atoms with E-state index in [9.17, 15) is 5.26 Å². The molecule has 0 radical (unpaired) electrons.